The van der Waals surface area contributed by atoms with E-state index < -0.39 is 5.91 Å². The van der Waals surface area contributed by atoms with E-state index in [1.54, 1.807) is 0 Å². The topological polar surface area (TPSA) is 102 Å². The fraction of sp³-hybridized carbons (Fsp3) is 0.357. The molecule has 1 heterocycles. The smallest absolute Gasteiger partial charge is 0.255 e. The lowest BCUT2D eigenvalue weighted by atomic mass is 10.1. The number of nitrogen functional groups attached to an aromatic ring is 1. The lowest BCUT2D eigenvalue weighted by molar-refractivity contribution is -0.138. The Morgan fingerprint density at radius 3 is 2.59 bits per heavy atom. The number of ether oxygens (including phenoxy) is 1. The second-order valence-electron chi connectivity index (χ2n) is 4.77. The van der Waals surface area contributed by atoms with E-state index in [0.29, 0.717) is 11.4 Å². The van der Waals surface area contributed by atoms with Crippen LogP contribution < -0.4 is 15.8 Å². The highest BCUT2D eigenvalue weighted by Crippen LogP contribution is 2.28. The molecule has 8 heteroatoms. The highest BCUT2D eigenvalue weighted by molar-refractivity contribution is 6.33. The molecule has 7 nitrogen and oxygen atoms in total. The summed E-state index contributed by atoms with van der Waals surface area (Å²) >= 11 is 5.90. The van der Waals surface area contributed by atoms with Crippen molar-refractivity contribution in [2.45, 2.75) is 12.8 Å². The zero-order chi connectivity index (χ0) is 16.3. The Hall–Kier alpha value is -2.28. The molecule has 1 aromatic carbocycles. The summed E-state index contributed by atoms with van der Waals surface area (Å²) in [6.07, 6.45) is 0.461. The van der Waals surface area contributed by atoms with Crippen molar-refractivity contribution in [2.24, 2.45) is 0 Å². The van der Waals surface area contributed by atoms with E-state index in [4.69, 9.17) is 22.1 Å². The number of benzene rings is 1. The predicted molar refractivity (Wildman–Crippen MR) is 80.7 cm³/mol. The molecule has 0 aliphatic carbocycles. The predicted octanol–water partition coefficient (Wildman–Crippen LogP) is 0.810. The molecular weight excluding hydrogens is 310 g/mol. The molecule has 0 aromatic heterocycles. The zero-order valence-corrected chi connectivity index (χ0v) is 12.8. The van der Waals surface area contributed by atoms with E-state index in [2.05, 4.69) is 5.32 Å². The Morgan fingerprint density at radius 1 is 1.36 bits per heavy atom. The standard InChI is InChI=1S/C14H16ClN3O4/c1-22-11-7-10(16)9(15)6-8(11)14(21)17-4-5-18-12(19)2-3-13(18)20/h6-7H,2-5,16H2,1H3,(H,17,21). The van der Waals surface area contributed by atoms with Gasteiger partial charge < -0.3 is 15.8 Å². The molecule has 1 fully saturated rings. The van der Waals surface area contributed by atoms with Crippen molar-refractivity contribution >= 4 is 35.0 Å². The number of carbonyl (C=O) groups is 3. The van der Waals surface area contributed by atoms with Crippen LogP contribution in [0, 0.1) is 0 Å². The van der Waals surface area contributed by atoms with E-state index >= 15 is 0 Å². The summed E-state index contributed by atoms with van der Waals surface area (Å²) in [6.45, 7) is 0.301. The van der Waals surface area contributed by atoms with Crippen LogP contribution in [-0.2, 0) is 9.59 Å². The second kappa shape index (κ2) is 6.65. The van der Waals surface area contributed by atoms with Crippen LogP contribution in [-0.4, -0.2) is 42.8 Å². The SMILES string of the molecule is COc1cc(N)c(Cl)cc1C(=O)NCCN1C(=O)CCC1=O. The Bertz CT molecular complexity index is 617. The molecule has 3 N–H and O–H groups in total. The second-order valence-corrected chi connectivity index (χ2v) is 5.18. The van der Waals surface area contributed by atoms with Gasteiger partial charge in [-0.1, -0.05) is 11.6 Å². The zero-order valence-electron chi connectivity index (χ0n) is 12.0. The maximum absolute atomic E-state index is 12.1. The number of carbonyl (C=O) groups excluding carboxylic acids is 3. The lowest BCUT2D eigenvalue weighted by Crippen LogP contribution is -2.37. The fourth-order valence-corrected chi connectivity index (χ4v) is 2.33. The van der Waals surface area contributed by atoms with Crippen molar-refractivity contribution in [1.29, 1.82) is 0 Å². The van der Waals surface area contributed by atoms with Crippen molar-refractivity contribution in [3.05, 3.63) is 22.7 Å². The number of halogens is 1. The molecule has 0 saturated carbocycles. The Balaban J connectivity index is 1.99. The van der Waals surface area contributed by atoms with E-state index in [1.807, 2.05) is 0 Å². The maximum atomic E-state index is 12.1. The van der Waals surface area contributed by atoms with E-state index in [9.17, 15) is 14.4 Å². The van der Waals surface area contributed by atoms with Crippen molar-refractivity contribution in [3.8, 4) is 5.75 Å². The van der Waals surface area contributed by atoms with Gasteiger partial charge in [-0.25, -0.2) is 0 Å². The van der Waals surface area contributed by atoms with Crippen LogP contribution in [0.4, 0.5) is 5.69 Å². The van der Waals surface area contributed by atoms with Crippen molar-refractivity contribution < 1.29 is 19.1 Å². The summed E-state index contributed by atoms with van der Waals surface area (Å²) in [7, 11) is 1.42. The number of imide groups is 1. The highest BCUT2D eigenvalue weighted by Gasteiger charge is 2.28. The van der Waals surface area contributed by atoms with E-state index in [1.165, 1.54) is 19.2 Å². The van der Waals surface area contributed by atoms with Crippen LogP contribution in [0.15, 0.2) is 12.1 Å². The van der Waals surface area contributed by atoms with Gasteiger partial charge in [0, 0.05) is 32.0 Å². The monoisotopic (exact) mass is 325 g/mol. The summed E-state index contributed by atoms with van der Waals surface area (Å²) in [6, 6.07) is 2.88. The number of nitrogens with two attached hydrogens (primary N) is 1. The van der Waals surface area contributed by atoms with Crippen molar-refractivity contribution in [2.75, 3.05) is 25.9 Å². The summed E-state index contributed by atoms with van der Waals surface area (Å²) in [4.78, 5) is 36.2. The van der Waals surface area contributed by atoms with Gasteiger partial charge >= 0.3 is 0 Å². The lowest BCUT2D eigenvalue weighted by Gasteiger charge is -2.15. The molecule has 1 aromatic rings. The largest absolute Gasteiger partial charge is 0.496 e. The number of amides is 3. The molecule has 0 spiro atoms. The molecule has 2 rings (SSSR count). The molecule has 1 aliphatic rings. The van der Waals surface area contributed by atoms with Crippen LogP contribution in [0.25, 0.3) is 0 Å². The molecule has 118 valence electrons. The van der Waals surface area contributed by atoms with Crippen LogP contribution in [0.2, 0.25) is 5.02 Å². The number of rotatable bonds is 5. The van der Waals surface area contributed by atoms with Crippen molar-refractivity contribution in [3.63, 3.8) is 0 Å². The van der Waals surface area contributed by atoms with Crippen LogP contribution in [0.1, 0.15) is 23.2 Å². The number of hydrogen-bond acceptors (Lipinski definition) is 5. The van der Waals surface area contributed by atoms with Gasteiger partial charge in [0.15, 0.2) is 0 Å². The van der Waals surface area contributed by atoms with Crippen LogP contribution >= 0.6 is 11.6 Å². The minimum Gasteiger partial charge on any atom is -0.496 e. The summed E-state index contributed by atoms with van der Waals surface area (Å²) in [5, 5.41) is 2.87. The third kappa shape index (κ3) is 3.30. The van der Waals surface area contributed by atoms with Gasteiger partial charge in [-0.05, 0) is 6.07 Å². The van der Waals surface area contributed by atoms with E-state index in [0.717, 1.165) is 4.90 Å². The van der Waals surface area contributed by atoms with Gasteiger partial charge in [0.05, 0.1) is 23.4 Å². The normalized spacial score (nSPS) is 14.4. The molecule has 0 radical (unpaired) electrons. The van der Waals surface area contributed by atoms with E-state index in [-0.39, 0.29) is 48.3 Å². The van der Waals surface area contributed by atoms with Gasteiger partial charge in [-0.3, -0.25) is 19.3 Å². The minimum absolute atomic E-state index is 0.147. The van der Waals surface area contributed by atoms with Crippen molar-refractivity contribution in [1.82, 2.24) is 10.2 Å². The molecule has 0 bridgehead atoms. The average Bonchev–Trinajstić information content (AvgIpc) is 2.81. The fourth-order valence-electron chi connectivity index (χ4n) is 2.16. The Labute approximate surface area is 132 Å². The first-order valence-corrected chi connectivity index (χ1v) is 7.06. The van der Waals surface area contributed by atoms with Crippen LogP contribution in [0.5, 0.6) is 5.75 Å². The number of nitrogens with zero attached hydrogens (tertiary/aromatic N) is 1. The highest BCUT2D eigenvalue weighted by atomic mass is 35.5. The summed E-state index contributed by atoms with van der Waals surface area (Å²) in [5.74, 6) is -0.551. The Kier molecular flexibility index (Phi) is 4.87. The average molecular weight is 326 g/mol. The molecular formula is C14H16ClN3O4. The molecule has 0 atom stereocenters. The molecule has 22 heavy (non-hydrogen) atoms. The van der Waals surface area contributed by atoms with Gasteiger partial charge in [0.2, 0.25) is 11.8 Å². The number of nitrogens with one attached hydrogen (secondary N) is 1. The third-order valence-electron chi connectivity index (χ3n) is 3.34. The first kappa shape index (κ1) is 16.1. The molecule has 1 saturated heterocycles. The van der Waals surface area contributed by atoms with Gasteiger partial charge in [0.1, 0.15) is 5.75 Å². The Morgan fingerprint density at radius 2 is 2.00 bits per heavy atom. The summed E-state index contributed by atoms with van der Waals surface area (Å²) in [5.41, 5.74) is 6.20. The van der Waals surface area contributed by atoms with Gasteiger partial charge in [-0.2, -0.15) is 0 Å². The molecule has 0 unspecified atom stereocenters. The number of likely N-dealkylation sites (tertiary alicyclic amines) is 1. The number of methoxy groups -OCH3 is 1. The molecule has 1 aliphatic heterocycles. The third-order valence-corrected chi connectivity index (χ3v) is 3.67. The molecule has 3 amide bonds. The van der Waals surface area contributed by atoms with Gasteiger partial charge in [-0.15, -0.1) is 0 Å². The van der Waals surface area contributed by atoms with Gasteiger partial charge in [0.25, 0.3) is 5.91 Å². The summed E-state index contributed by atoms with van der Waals surface area (Å²) < 4.78 is 5.10. The number of hydrogen-bond donors (Lipinski definition) is 2. The van der Waals surface area contributed by atoms with Crippen LogP contribution in [0.3, 0.4) is 0 Å². The quantitative estimate of drug-likeness (QED) is 0.616. The first-order chi connectivity index (χ1) is 10.4. The maximum Gasteiger partial charge on any atom is 0.255 e. The number of anilines is 1. The first-order valence-electron chi connectivity index (χ1n) is 6.68. The minimum atomic E-state index is -0.419.